The molecule has 4 nitrogen and oxygen atoms in total. The molecule has 0 bridgehead atoms. The van der Waals surface area contributed by atoms with Crippen molar-refractivity contribution in [2.75, 3.05) is 13.1 Å². The van der Waals surface area contributed by atoms with Crippen molar-refractivity contribution in [3.05, 3.63) is 64.2 Å². The third-order valence-corrected chi connectivity index (χ3v) is 6.53. The van der Waals surface area contributed by atoms with Crippen LogP contribution in [0.5, 0.6) is 0 Å². The number of carbonyl (C=O) groups excluding carboxylic acids is 1. The predicted octanol–water partition coefficient (Wildman–Crippen LogP) is 3.72. The second kappa shape index (κ2) is 6.09. The summed E-state index contributed by atoms with van der Waals surface area (Å²) >= 11 is 1.72. The molecule has 0 radical (unpaired) electrons. The van der Waals surface area contributed by atoms with Crippen molar-refractivity contribution in [2.24, 2.45) is 5.92 Å². The fourth-order valence-corrected chi connectivity index (χ4v) is 5.04. The van der Waals surface area contributed by atoms with E-state index in [9.17, 15) is 4.79 Å². The maximum atomic E-state index is 12.8. The van der Waals surface area contributed by atoms with Crippen LogP contribution >= 0.6 is 11.3 Å². The third kappa shape index (κ3) is 2.50. The lowest BCUT2D eigenvalue weighted by Crippen LogP contribution is -2.31. The molecule has 0 spiro atoms. The van der Waals surface area contributed by atoms with E-state index in [4.69, 9.17) is 4.98 Å². The highest BCUT2D eigenvalue weighted by Gasteiger charge is 2.43. The minimum absolute atomic E-state index is 0.241. The van der Waals surface area contributed by atoms with Gasteiger partial charge in [-0.3, -0.25) is 4.79 Å². The van der Waals surface area contributed by atoms with Gasteiger partial charge in [-0.25, -0.2) is 4.98 Å². The van der Waals surface area contributed by atoms with E-state index in [1.54, 1.807) is 11.3 Å². The average Bonchev–Trinajstić information content (AvgIpc) is 3.37. The van der Waals surface area contributed by atoms with Crippen molar-refractivity contribution in [3.8, 4) is 11.3 Å². The number of thiophene rings is 1. The van der Waals surface area contributed by atoms with E-state index in [1.807, 2.05) is 23.2 Å². The fourth-order valence-electron chi connectivity index (χ4n) is 4.39. The summed E-state index contributed by atoms with van der Waals surface area (Å²) < 4.78 is 2.36. The number of hydrogen-bond donors (Lipinski definition) is 0. The molecule has 1 saturated heterocycles. The molecule has 26 heavy (non-hydrogen) atoms. The van der Waals surface area contributed by atoms with E-state index in [1.165, 1.54) is 16.8 Å². The van der Waals surface area contributed by atoms with Gasteiger partial charge in [0.15, 0.2) is 0 Å². The minimum atomic E-state index is 0.241. The maximum Gasteiger partial charge on any atom is 0.227 e. The number of benzene rings is 1. The van der Waals surface area contributed by atoms with Gasteiger partial charge in [0.2, 0.25) is 5.91 Å². The summed E-state index contributed by atoms with van der Waals surface area (Å²) in [6, 6.07) is 10.3. The number of fused-ring (bicyclic) bond motifs is 3. The molecule has 3 aromatic rings. The largest absolute Gasteiger partial charge is 0.341 e. The first-order chi connectivity index (χ1) is 12.7. The Balaban J connectivity index is 1.33. The Kier molecular flexibility index (Phi) is 3.71. The molecule has 2 aliphatic heterocycles. The molecule has 1 amide bonds. The summed E-state index contributed by atoms with van der Waals surface area (Å²) in [5.74, 6) is 2.27. The van der Waals surface area contributed by atoms with Crippen LogP contribution in [0.3, 0.4) is 0 Å². The van der Waals surface area contributed by atoms with Crippen molar-refractivity contribution in [2.45, 2.75) is 25.8 Å². The van der Waals surface area contributed by atoms with E-state index in [2.05, 4.69) is 40.5 Å². The number of rotatable bonds is 3. The molecule has 2 aliphatic rings. The molecule has 2 atom stereocenters. The zero-order valence-corrected chi connectivity index (χ0v) is 15.6. The Labute approximate surface area is 157 Å². The van der Waals surface area contributed by atoms with E-state index < -0.39 is 0 Å². The Morgan fingerprint density at radius 3 is 2.92 bits per heavy atom. The molecule has 4 heterocycles. The van der Waals surface area contributed by atoms with Gasteiger partial charge in [-0.05, 0) is 29.5 Å². The van der Waals surface area contributed by atoms with Gasteiger partial charge in [0.05, 0.1) is 18.3 Å². The summed E-state index contributed by atoms with van der Waals surface area (Å²) in [5.41, 5.74) is 4.79. The normalized spacial score (nSPS) is 21.0. The van der Waals surface area contributed by atoms with E-state index in [0.717, 1.165) is 31.0 Å². The SMILES string of the molecule is Cc1ccccc1CC(=O)N1C[C@H]2Cn3c(-c4ccsc4)cnc3[C@H]2C1. The van der Waals surface area contributed by atoms with Crippen LogP contribution in [0.4, 0.5) is 0 Å². The molecule has 1 aromatic carbocycles. The van der Waals surface area contributed by atoms with Crippen LogP contribution in [0, 0.1) is 12.8 Å². The van der Waals surface area contributed by atoms with E-state index in [0.29, 0.717) is 18.3 Å². The number of aryl methyl sites for hydroxylation is 1. The molecule has 132 valence electrons. The highest BCUT2D eigenvalue weighted by molar-refractivity contribution is 7.08. The molecule has 0 saturated carbocycles. The highest BCUT2D eigenvalue weighted by Crippen LogP contribution is 2.41. The van der Waals surface area contributed by atoms with Crippen LogP contribution in [-0.2, 0) is 17.8 Å². The first-order valence-electron chi connectivity index (χ1n) is 9.11. The van der Waals surface area contributed by atoms with Crippen LogP contribution < -0.4 is 0 Å². The summed E-state index contributed by atoms with van der Waals surface area (Å²) in [4.78, 5) is 19.6. The second-order valence-corrected chi connectivity index (χ2v) is 8.17. The number of aromatic nitrogens is 2. The molecule has 0 unspecified atom stereocenters. The fraction of sp³-hybridized carbons (Fsp3) is 0.333. The molecule has 5 rings (SSSR count). The molecule has 2 aromatic heterocycles. The smallest absolute Gasteiger partial charge is 0.227 e. The number of nitrogens with zero attached hydrogens (tertiary/aromatic N) is 3. The first-order valence-corrected chi connectivity index (χ1v) is 10.1. The summed E-state index contributed by atoms with van der Waals surface area (Å²) in [6.07, 6.45) is 2.49. The van der Waals surface area contributed by atoms with Gasteiger partial charge in [-0.15, -0.1) is 0 Å². The highest BCUT2D eigenvalue weighted by atomic mass is 32.1. The van der Waals surface area contributed by atoms with Crippen molar-refractivity contribution in [3.63, 3.8) is 0 Å². The van der Waals surface area contributed by atoms with Gasteiger partial charge >= 0.3 is 0 Å². The van der Waals surface area contributed by atoms with Crippen molar-refractivity contribution < 1.29 is 4.79 Å². The van der Waals surface area contributed by atoms with Crippen LogP contribution in [0.2, 0.25) is 0 Å². The Morgan fingerprint density at radius 2 is 2.12 bits per heavy atom. The van der Waals surface area contributed by atoms with Gasteiger partial charge in [-0.2, -0.15) is 11.3 Å². The van der Waals surface area contributed by atoms with Crippen molar-refractivity contribution >= 4 is 17.2 Å². The van der Waals surface area contributed by atoms with Crippen LogP contribution in [0.1, 0.15) is 22.9 Å². The molecular formula is C21H21N3OS. The predicted molar refractivity (Wildman–Crippen MR) is 103 cm³/mol. The molecule has 1 fully saturated rings. The molecule has 0 N–H and O–H groups in total. The van der Waals surface area contributed by atoms with Gasteiger partial charge in [0.1, 0.15) is 5.82 Å². The zero-order valence-electron chi connectivity index (χ0n) is 14.8. The zero-order chi connectivity index (χ0) is 17.7. The summed E-state index contributed by atoms with van der Waals surface area (Å²) in [5, 5.41) is 4.29. The van der Waals surface area contributed by atoms with Gasteiger partial charge in [0, 0.05) is 42.4 Å². The number of hydrogen-bond acceptors (Lipinski definition) is 3. The Bertz CT molecular complexity index is 960. The molecule has 5 heteroatoms. The molecule has 0 aliphatic carbocycles. The topological polar surface area (TPSA) is 38.1 Å². The van der Waals surface area contributed by atoms with E-state index >= 15 is 0 Å². The lowest BCUT2D eigenvalue weighted by atomic mass is 9.99. The Hall–Kier alpha value is -2.40. The van der Waals surface area contributed by atoms with Crippen LogP contribution in [0.25, 0.3) is 11.3 Å². The lowest BCUT2D eigenvalue weighted by molar-refractivity contribution is -0.129. The minimum Gasteiger partial charge on any atom is -0.341 e. The monoisotopic (exact) mass is 363 g/mol. The van der Waals surface area contributed by atoms with Gasteiger partial charge in [0.25, 0.3) is 0 Å². The Morgan fingerprint density at radius 1 is 1.23 bits per heavy atom. The average molecular weight is 363 g/mol. The van der Waals surface area contributed by atoms with Crippen LogP contribution in [-0.4, -0.2) is 33.4 Å². The van der Waals surface area contributed by atoms with Crippen LogP contribution in [0.15, 0.2) is 47.3 Å². The van der Waals surface area contributed by atoms with Crippen molar-refractivity contribution in [1.29, 1.82) is 0 Å². The van der Waals surface area contributed by atoms with Crippen molar-refractivity contribution in [1.82, 2.24) is 14.5 Å². The third-order valence-electron chi connectivity index (χ3n) is 5.85. The van der Waals surface area contributed by atoms with Gasteiger partial charge < -0.3 is 9.47 Å². The molecular weight excluding hydrogens is 342 g/mol. The summed E-state index contributed by atoms with van der Waals surface area (Å²) in [7, 11) is 0. The first kappa shape index (κ1) is 15.8. The quantitative estimate of drug-likeness (QED) is 0.711. The number of amides is 1. The van der Waals surface area contributed by atoms with Gasteiger partial charge in [-0.1, -0.05) is 24.3 Å². The maximum absolute atomic E-state index is 12.8. The number of carbonyl (C=O) groups is 1. The van der Waals surface area contributed by atoms with E-state index in [-0.39, 0.29) is 5.91 Å². The second-order valence-electron chi connectivity index (χ2n) is 7.39. The number of imidazole rings is 1. The standard InChI is InChI=1S/C21H21N3OS/c1-14-4-2-3-5-15(14)8-20(25)23-10-17-11-24-19(16-6-7-26-13-16)9-22-21(24)18(17)12-23/h2-7,9,13,17-18H,8,10-12H2,1H3/t17-,18-/m0/s1. The summed E-state index contributed by atoms with van der Waals surface area (Å²) in [6.45, 7) is 4.70. The number of likely N-dealkylation sites (tertiary alicyclic amines) is 1. The lowest BCUT2D eigenvalue weighted by Gasteiger charge is -2.18.